The highest BCUT2D eigenvalue weighted by molar-refractivity contribution is 7.00. The Morgan fingerprint density at radius 2 is 0.638 bits per heavy atom. The molecule has 0 radical (unpaired) electrons. The summed E-state index contributed by atoms with van der Waals surface area (Å²) in [5, 5.41) is 0. The molecular formula is C89H99BN4. The van der Waals surface area contributed by atoms with Gasteiger partial charge in [-0.1, -0.05) is 255 Å². The zero-order valence-corrected chi connectivity index (χ0v) is 60.2. The average Bonchev–Trinajstić information content (AvgIpc) is 0.739. The minimum atomic E-state index is -0.120. The van der Waals surface area contributed by atoms with Gasteiger partial charge in [-0.05, 0) is 207 Å². The van der Waals surface area contributed by atoms with E-state index in [1.165, 1.54) is 112 Å². The van der Waals surface area contributed by atoms with Crippen LogP contribution in [0.2, 0.25) is 0 Å². The molecule has 94 heavy (non-hydrogen) atoms. The highest BCUT2D eigenvalue weighted by atomic mass is 15.2. The Morgan fingerprint density at radius 1 is 0.298 bits per heavy atom. The lowest BCUT2D eigenvalue weighted by Crippen LogP contribution is -2.61. The second-order valence-electron chi connectivity index (χ2n) is 34.5. The van der Waals surface area contributed by atoms with Crippen molar-refractivity contribution >= 4 is 91.3 Å². The normalized spacial score (nSPS) is 13.9. The summed E-state index contributed by atoms with van der Waals surface area (Å²) in [5.41, 5.74) is 31.9. The maximum atomic E-state index is 2.70. The zero-order valence-electron chi connectivity index (χ0n) is 60.2. The first-order valence-corrected chi connectivity index (χ1v) is 34.5. The molecule has 0 saturated heterocycles. The smallest absolute Gasteiger partial charge is 0.252 e. The first-order valence-electron chi connectivity index (χ1n) is 34.5. The average molecular weight is 1240 g/mol. The first-order chi connectivity index (χ1) is 44.0. The van der Waals surface area contributed by atoms with Crippen LogP contribution in [-0.2, 0) is 44.3 Å². The summed E-state index contributed by atoms with van der Waals surface area (Å²) in [6, 6.07) is 81.1. The number of hydrogen-bond acceptors (Lipinski definition) is 4. The van der Waals surface area contributed by atoms with Crippen molar-refractivity contribution < 1.29 is 0 Å². The second-order valence-corrected chi connectivity index (χ2v) is 34.5. The van der Waals surface area contributed by atoms with Crippen molar-refractivity contribution in [2.45, 2.75) is 190 Å². The van der Waals surface area contributed by atoms with Gasteiger partial charge in [0.1, 0.15) is 0 Å². The van der Waals surface area contributed by atoms with Gasteiger partial charge < -0.3 is 19.6 Å². The lowest BCUT2D eigenvalue weighted by Gasteiger charge is -2.46. The van der Waals surface area contributed by atoms with Crippen LogP contribution in [0.25, 0.3) is 11.1 Å². The largest absolute Gasteiger partial charge is 0.311 e. The molecule has 0 spiro atoms. The first kappa shape index (κ1) is 64.2. The van der Waals surface area contributed by atoms with Gasteiger partial charge >= 0.3 is 0 Å². The predicted molar refractivity (Wildman–Crippen MR) is 409 cm³/mol. The standard InChI is InChI=1S/C89H99BN4/c1-83(2,3)58-26-38-65(39-27-58)91(66-40-28-59(29-41-66)84(4,5)6)70-55-79-82-80(56-70)94(77-49-37-64(89(19,20)21)54-74(77)90(82)73-53-63(88(16,17)18)36-48-76(73)93(79)69-46-34-62(35-47-69)87(13,14)15)78-51-50-75(72-52-57-24-22-23-25-71(57)81(72)78)92(67-42-30-60(31-43-67)85(7,8)9)68-44-32-61(33-45-68)86(10,11)12/h22-51,53-56H,52H2,1-21H3. The fourth-order valence-corrected chi connectivity index (χ4v) is 14.6. The molecule has 0 bridgehead atoms. The third kappa shape index (κ3) is 11.6. The number of hydrogen-bond donors (Lipinski definition) is 0. The van der Waals surface area contributed by atoms with E-state index in [4.69, 9.17) is 0 Å². The minimum absolute atomic E-state index is 0.00577. The summed E-state index contributed by atoms with van der Waals surface area (Å²) in [7, 11) is 0. The summed E-state index contributed by atoms with van der Waals surface area (Å²) in [4.78, 5) is 10.4. The monoisotopic (exact) mass is 1230 g/mol. The van der Waals surface area contributed by atoms with Crippen molar-refractivity contribution in [3.05, 3.63) is 256 Å². The summed E-state index contributed by atoms with van der Waals surface area (Å²) >= 11 is 0. The molecule has 2 aliphatic heterocycles. The second kappa shape index (κ2) is 22.6. The lowest BCUT2D eigenvalue weighted by molar-refractivity contribution is 0.590. The molecule has 5 heteroatoms. The molecular weight excluding hydrogens is 1140 g/mol. The molecule has 0 saturated carbocycles. The number of nitrogens with zero attached hydrogens (tertiary/aromatic N) is 4. The van der Waals surface area contributed by atoms with E-state index < -0.39 is 0 Å². The zero-order chi connectivity index (χ0) is 67.1. The molecule has 1 aliphatic carbocycles. The molecule has 13 rings (SSSR count). The molecule has 0 N–H and O–H groups in total. The van der Waals surface area contributed by atoms with Crippen molar-refractivity contribution in [2.75, 3.05) is 19.6 Å². The third-order valence-electron chi connectivity index (χ3n) is 20.4. The van der Waals surface area contributed by atoms with Gasteiger partial charge in [0, 0.05) is 63.2 Å². The molecule has 0 amide bonds. The van der Waals surface area contributed by atoms with Gasteiger partial charge in [0.05, 0.1) is 17.1 Å². The Balaban J connectivity index is 1.16. The van der Waals surface area contributed by atoms with Crippen molar-refractivity contribution in [2.24, 2.45) is 0 Å². The van der Waals surface area contributed by atoms with Crippen molar-refractivity contribution in [1.82, 2.24) is 0 Å². The quantitative estimate of drug-likeness (QED) is 0.141. The van der Waals surface area contributed by atoms with Crippen LogP contribution in [0.5, 0.6) is 0 Å². The van der Waals surface area contributed by atoms with Gasteiger partial charge in [0.25, 0.3) is 6.71 Å². The van der Waals surface area contributed by atoms with Gasteiger partial charge in [0.2, 0.25) is 0 Å². The molecule has 3 aliphatic rings. The number of benzene rings is 10. The Labute approximate surface area is 564 Å². The molecule has 2 heterocycles. The van der Waals surface area contributed by atoms with E-state index in [-0.39, 0.29) is 44.6 Å². The van der Waals surface area contributed by atoms with Crippen LogP contribution in [0.15, 0.2) is 206 Å². The summed E-state index contributed by atoms with van der Waals surface area (Å²) < 4.78 is 0. The predicted octanol–water partition coefficient (Wildman–Crippen LogP) is 23.4. The number of anilines is 12. The Kier molecular flexibility index (Phi) is 15.4. The summed E-state index contributed by atoms with van der Waals surface area (Å²) in [6.45, 7) is 48.7. The summed E-state index contributed by atoms with van der Waals surface area (Å²) in [5.74, 6) is 0. The molecule has 4 nitrogen and oxygen atoms in total. The minimum Gasteiger partial charge on any atom is -0.311 e. The van der Waals surface area contributed by atoms with Crippen molar-refractivity contribution in [3.63, 3.8) is 0 Å². The van der Waals surface area contributed by atoms with E-state index in [2.05, 4.69) is 371 Å². The maximum absolute atomic E-state index is 2.70. The van der Waals surface area contributed by atoms with Gasteiger partial charge in [-0.15, -0.1) is 0 Å². The molecule has 0 fully saturated rings. The summed E-state index contributed by atoms with van der Waals surface area (Å²) in [6.07, 6.45) is 0.792. The van der Waals surface area contributed by atoms with Crippen LogP contribution >= 0.6 is 0 Å². The maximum Gasteiger partial charge on any atom is 0.252 e. The van der Waals surface area contributed by atoms with Gasteiger partial charge in [-0.25, -0.2) is 0 Å². The number of fused-ring (bicyclic) bond motifs is 7. The van der Waals surface area contributed by atoms with Crippen molar-refractivity contribution in [3.8, 4) is 11.1 Å². The van der Waals surface area contributed by atoms with Crippen molar-refractivity contribution in [1.29, 1.82) is 0 Å². The van der Waals surface area contributed by atoms with E-state index in [1.807, 2.05) is 0 Å². The molecule has 10 aromatic rings. The SMILES string of the molecule is CC(C)(C)c1ccc(N(c2ccc(C(C)(C)C)cc2)c2cc3c4c(c2)N(c2ccc(N(c5ccc(C(C)(C)C)cc5)c5ccc(C(C)(C)C)cc5)c5c2-c2ccccc2C5)c2ccc(C(C)(C)C)cc2B4c2cc(C(C)(C)C)ccc2N3c2ccc(C(C)(C)C)cc2)cc1. The van der Waals surface area contributed by atoms with Crippen LogP contribution in [0.3, 0.4) is 0 Å². The van der Waals surface area contributed by atoms with Crippen LogP contribution in [0.1, 0.15) is 195 Å². The lowest BCUT2D eigenvalue weighted by atomic mass is 9.33. The fourth-order valence-electron chi connectivity index (χ4n) is 14.6. The highest BCUT2D eigenvalue weighted by Gasteiger charge is 2.46. The fraction of sp³-hybridized carbons (Fsp3) is 0.326. The Morgan fingerprint density at radius 3 is 1.04 bits per heavy atom. The topological polar surface area (TPSA) is 13.0 Å². The Bertz CT molecular complexity index is 4400. The van der Waals surface area contributed by atoms with Crippen LogP contribution in [-0.4, -0.2) is 6.71 Å². The molecule has 0 aromatic heterocycles. The third-order valence-corrected chi connectivity index (χ3v) is 20.4. The van der Waals surface area contributed by atoms with Crippen LogP contribution in [0.4, 0.5) is 68.2 Å². The van der Waals surface area contributed by atoms with E-state index in [9.17, 15) is 0 Å². The molecule has 10 aromatic carbocycles. The molecule has 478 valence electrons. The van der Waals surface area contributed by atoms with Gasteiger partial charge in [0.15, 0.2) is 0 Å². The van der Waals surface area contributed by atoms with Gasteiger partial charge in [-0.2, -0.15) is 0 Å². The molecule has 0 unspecified atom stereocenters. The number of rotatable bonds is 8. The highest BCUT2D eigenvalue weighted by Crippen LogP contribution is 2.56. The van der Waals surface area contributed by atoms with E-state index in [0.717, 1.165) is 40.5 Å². The Hall–Kier alpha value is -8.54. The van der Waals surface area contributed by atoms with E-state index in [0.29, 0.717) is 0 Å². The van der Waals surface area contributed by atoms with Crippen LogP contribution < -0.4 is 36.0 Å². The van der Waals surface area contributed by atoms with E-state index in [1.54, 1.807) is 0 Å². The van der Waals surface area contributed by atoms with Crippen LogP contribution in [0, 0.1) is 0 Å². The van der Waals surface area contributed by atoms with E-state index >= 15 is 0 Å². The molecule has 0 atom stereocenters. The van der Waals surface area contributed by atoms with Gasteiger partial charge in [-0.3, -0.25) is 0 Å².